The number of anilines is 1. The summed E-state index contributed by atoms with van der Waals surface area (Å²) >= 11 is 11.8. The summed E-state index contributed by atoms with van der Waals surface area (Å²) < 4.78 is 5.41. The second-order valence-electron chi connectivity index (χ2n) is 4.17. The smallest absolute Gasteiger partial charge is 0.140 e. The van der Waals surface area contributed by atoms with E-state index in [1.807, 2.05) is 11.9 Å². The van der Waals surface area contributed by atoms with Crippen LogP contribution in [0, 0.1) is 12.3 Å². The predicted octanol–water partition coefficient (Wildman–Crippen LogP) is 1.88. The molecule has 1 aromatic rings. The highest BCUT2D eigenvalue weighted by molar-refractivity contribution is 6.37. The normalized spacial score (nSPS) is 12.2. The number of hydrogen-bond donors (Lipinski definition) is 2. The molecule has 0 aliphatic carbocycles. The van der Waals surface area contributed by atoms with Crippen molar-refractivity contribution in [3.05, 3.63) is 22.2 Å². The second kappa shape index (κ2) is 7.46. The van der Waals surface area contributed by atoms with Crippen molar-refractivity contribution in [2.45, 2.75) is 6.10 Å². The van der Waals surface area contributed by atoms with E-state index >= 15 is 0 Å². The molecule has 1 rings (SSSR count). The molecule has 0 saturated carbocycles. The van der Waals surface area contributed by atoms with Crippen molar-refractivity contribution in [2.24, 2.45) is 0 Å². The van der Waals surface area contributed by atoms with Gasteiger partial charge in [-0.05, 0) is 13.1 Å². The Hall–Kier alpha value is -1.12. The van der Waals surface area contributed by atoms with E-state index in [0.717, 1.165) is 0 Å². The van der Waals surface area contributed by atoms with Gasteiger partial charge in [-0.25, -0.2) is 0 Å². The van der Waals surface area contributed by atoms with Crippen molar-refractivity contribution in [1.82, 2.24) is 4.90 Å². The first kappa shape index (κ1) is 15.9. The minimum atomic E-state index is -0.675. The van der Waals surface area contributed by atoms with Crippen LogP contribution < -0.4 is 10.5 Å². The first-order valence-corrected chi connectivity index (χ1v) is 6.37. The second-order valence-corrected chi connectivity index (χ2v) is 4.98. The van der Waals surface area contributed by atoms with Gasteiger partial charge in [-0.1, -0.05) is 29.1 Å². The number of ether oxygens (including phenoxy) is 1. The molecule has 1 aromatic carbocycles. The van der Waals surface area contributed by atoms with Crippen molar-refractivity contribution in [1.29, 1.82) is 0 Å². The fourth-order valence-corrected chi connectivity index (χ4v) is 1.91. The van der Waals surface area contributed by atoms with Gasteiger partial charge in [-0.15, -0.1) is 6.42 Å². The third-order valence-electron chi connectivity index (χ3n) is 2.37. The topological polar surface area (TPSA) is 58.7 Å². The molecule has 0 aliphatic heterocycles. The van der Waals surface area contributed by atoms with Crippen LogP contribution in [0.5, 0.6) is 5.75 Å². The van der Waals surface area contributed by atoms with Gasteiger partial charge in [0.25, 0.3) is 0 Å². The Morgan fingerprint density at radius 3 is 2.79 bits per heavy atom. The number of rotatable bonds is 6. The maximum Gasteiger partial charge on any atom is 0.140 e. The van der Waals surface area contributed by atoms with E-state index in [1.54, 1.807) is 0 Å². The van der Waals surface area contributed by atoms with E-state index in [2.05, 4.69) is 5.92 Å². The Morgan fingerprint density at radius 2 is 2.16 bits per heavy atom. The lowest BCUT2D eigenvalue weighted by Crippen LogP contribution is -2.33. The molecule has 6 heteroatoms. The van der Waals surface area contributed by atoms with Gasteiger partial charge in [0.2, 0.25) is 0 Å². The highest BCUT2D eigenvalue weighted by atomic mass is 35.5. The van der Waals surface area contributed by atoms with Gasteiger partial charge in [0.05, 0.1) is 22.3 Å². The number of aliphatic hydroxyl groups excluding tert-OH is 1. The number of nitrogens with two attached hydrogens (primary N) is 1. The largest absolute Gasteiger partial charge is 0.489 e. The Kier molecular flexibility index (Phi) is 6.26. The molecule has 0 aliphatic rings. The van der Waals surface area contributed by atoms with Crippen LogP contribution in [0.1, 0.15) is 0 Å². The van der Waals surface area contributed by atoms with Gasteiger partial charge in [-0.2, -0.15) is 0 Å². The number of hydrogen-bond acceptors (Lipinski definition) is 4. The molecular formula is C13H16Cl2N2O2. The van der Waals surface area contributed by atoms with Crippen LogP contribution in [0.3, 0.4) is 0 Å². The summed E-state index contributed by atoms with van der Waals surface area (Å²) in [4.78, 5) is 1.81. The Morgan fingerprint density at radius 1 is 1.47 bits per heavy atom. The summed E-state index contributed by atoms with van der Waals surface area (Å²) in [5.41, 5.74) is 6.03. The van der Waals surface area contributed by atoms with Crippen LogP contribution in [0.4, 0.5) is 5.69 Å². The summed E-state index contributed by atoms with van der Waals surface area (Å²) in [5.74, 6) is 2.88. The molecular weight excluding hydrogens is 287 g/mol. The number of nitrogens with zero attached hydrogens (tertiary/aromatic N) is 1. The van der Waals surface area contributed by atoms with E-state index in [1.165, 1.54) is 12.1 Å². The predicted molar refractivity (Wildman–Crippen MR) is 78.7 cm³/mol. The summed E-state index contributed by atoms with van der Waals surface area (Å²) in [6.45, 7) is 0.965. The number of likely N-dealkylation sites (N-methyl/N-ethyl adjacent to an activating group) is 1. The number of nitrogen functional groups attached to an aromatic ring is 1. The van der Waals surface area contributed by atoms with Crippen molar-refractivity contribution < 1.29 is 9.84 Å². The summed E-state index contributed by atoms with van der Waals surface area (Å²) in [6, 6.07) is 3.03. The third kappa shape index (κ3) is 5.17. The average Bonchev–Trinajstić information content (AvgIpc) is 2.32. The van der Waals surface area contributed by atoms with Gasteiger partial charge >= 0.3 is 0 Å². The Balaban J connectivity index is 2.53. The van der Waals surface area contributed by atoms with Crippen molar-refractivity contribution in [2.75, 3.05) is 32.5 Å². The maximum absolute atomic E-state index is 9.79. The minimum absolute atomic E-state index is 0.0930. The summed E-state index contributed by atoms with van der Waals surface area (Å²) in [6.07, 6.45) is 4.50. The lowest BCUT2D eigenvalue weighted by atomic mass is 10.3. The zero-order chi connectivity index (χ0) is 14.4. The average molecular weight is 303 g/mol. The summed E-state index contributed by atoms with van der Waals surface area (Å²) in [7, 11) is 1.82. The lowest BCUT2D eigenvalue weighted by molar-refractivity contribution is 0.0801. The molecule has 0 heterocycles. The first-order valence-electron chi connectivity index (χ1n) is 5.61. The Bertz CT molecular complexity index is 474. The first-order chi connectivity index (χ1) is 8.93. The highest BCUT2D eigenvalue weighted by Crippen LogP contribution is 2.32. The molecule has 0 bridgehead atoms. The lowest BCUT2D eigenvalue weighted by Gasteiger charge is -2.19. The van der Waals surface area contributed by atoms with Gasteiger partial charge in [0.15, 0.2) is 0 Å². The van der Waals surface area contributed by atoms with Crippen LogP contribution in [-0.2, 0) is 0 Å². The monoisotopic (exact) mass is 302 g/mol. The van der Waals surface area contributed by atoms with E-state index in [4.69, 9.17) is 40.1 Å². The van der Waals surface area contributed by atoms with Gasteiger partial charge in [-0.3, -0.25) is 4.90 Å². The molecule has 104 valence electrons. The number of aliphatic hydroxyl groups is 1. The molecule has 0 fully saturated rings. The number of halogens is 2. The standard InChI is InChI=1S/C13H16Cl2N2O2/c1-3-4-17(2)7-9(18)8-19-13-6-12(16)10(14)5-11(13)15/h1,5-6,9,18H,4,7-8,16H2,2H3. The van der Waals surface area contributed by atoms with E-state index in [9.17, 15) is 5.11 Å². The molecule has 4 nitrogen and oxygen atoms in total. The SMILES string of the molecule is C#CCN(C)CC(O)COc1cc(N)c(Cl)cc1Cl. The summed E-state index contributed by atoms with van der Waals surface area (Å²) in [5, 5.41) is 10.5. The van der Waals surface area contributed by atoms with E-state index < -0.39 is 6.10 Å². The molecule has 0 spiro atoms. The van der Waals surface area contributed by atoms with Crippen LogP contribution >= 0.6 is 23.2 Å². The van der Waals surface area contributed by atoms with Crippen LogP contribution in [0.25, 0.3) is 0 Å². The van der Waals surface area contributed by atoms with Crippen molar-refractivity contribution in [3.63, 3.8) is 0 Å². The highest BCUT2D eigenvalue weighted by Gasteiger charge is 2.11. The fourth-order valence-electron chi connectivity index (χ4n) is 1.47. The van der Waals surface area contributed by atoms with Crippen LogP contribution in [0.15, 0.2) is 12.1 Å². The number of terminal acetylenes is 1. The third-order valence-corrected chi connectivity index (χ3v) is 2.99. The zero-order valence-electron chi connectivity index (χ0n) is 10.6. The maximum atomic E-state index is 9.79. The van der Waals surface area contributed by atoms with Crippen molar-refractivity contribution >= 4 is 28.9 Å². The molecule has 0 aromatic heterocycles. The van der Waals surface area contributed by atoms with Gasteiger partial charge in [0.1, 0.15) is 18.5 Å². The molecule has 1 unspecified atom stereocenters. The van der Waals surface area contributed by atoms with E-state index in [-0.39, 0.29) is 6.61 Å². The van der Waals surface area contributed by atoms with Gasteiger partial charge in [0, 0.05) is 12.6 Å². The van der Waals surface area contributed by atoms with Crippen LogP contribution in [0.2, 0.25) is 10.0 Å². The Labute approximate surface area is 123 Å². The molecule has 1 atom stereocenters. The molecule has 0 radical (unpaired) electrons. The quantitative estimate of drug-likeness (QED) is 0.622. The molecule has 3 N–H and O–H groups in total. The van der Waals surface area contributed by atoms with Crippen LogP contribution in [-0.4, -0.2) is 42.9 Å². The zero-order valence-corrected chi connectivity index (χ0v) is 12.1. The van der Waals surface area contributed by atoms with Crippen molar-refractivity contribution in [3.8, 4) is 18.1 Å². The number of benzene rings is 1. The minimum Gasteiger partial charge on any atom is -0.489 e. The fraction of sp³-hybridized carbons (Fsp3) is 0.385. The molecule has 0 amide bonds. The van der Waals surface area contributed by atoms with Gasteiger partial charge < -0.3 is 15.6 Å². The van der Waals surface area contributed by atoms with E-state index in [0.29, 0.717) is 34.6 Å². The molecule has 0 saturated heterocycles. The molecule has 19 heavy (non-hydrogen) atoms.